The maximum absolute atomic E-state index is 12.3. The number of aliphatic carboxylic acids is 1. The Morgan fingerprint density at radius 1 is 1.39 bits per heavy atom. The van der Waals surface area contributed by atoms with E-state index in [9.17, 15) is 13.2 Å². The van der Waals surface area contributed by atoms with Crippen LogP contribution in [0, 0.1) is 5.92 Å². The summed E-state index contributed by atoms with van der Waals surface area (Å²) in [4.78, 5) is 10.9. The van der Waals surface area contributed by atoms with Crippen molar-refractivity contribution >= 4 is 21.7 Å². The van der Waals surface area contributed by atoms with E-state index in [4.69, 9.17) is 10.8 Å². The molecule has 1 fully saturated rings. The molecule has 1 unspecified atom stereocenters. The molecule has 0 saturated carbocycles. The van der Waals surface area contributed by atoms with Gasteiger partial charge in [0.15, 0.2) is 0 Å². The van der Waals surface area contributed by atoms with Crippen molar-refractivity contribution in [1.29, 1.82) is 0 Å². The van der Waals surface area contributed by atoms with Crippen molar-refractivity contribution in [2.45, 2.75) is 11.3 Å². The number of hydrogen-bond acceptors (Lipinski definition) is 4. The Bertz CT molecular complexity index is 570. The Kier molecular flexibility index (Phi) is 3.27. The zero-order valence-electron chi connectivity index (χ0n) is 9.61. The monoisotopic (exact) mass is 270 g/mol. The normalized spacial score (nSPS) is 21.0. The summed E-state index contributed by atoms with van der Waals surface area (Å²) in [6.45, 7) is 0.222. The lowest BCUT2D eigenvalue weighted by atomic mass is 10.1. The van der Waals surface area contributed by atoms with Crippen molar-refractivity contribution in [2.24, 2.45) is 5.92 Å². The van der Waals surface area contributed by atoms with Crippen LogP contribution in [0.3, 0.4) is 0 Å². The second-order valence-electron chi connectivity index (χ2n) is 4.22. The highest BCUT2D eigenvalue weighted by atomic mass is 32.2. The number of nitrogens with two attached hydrogens (primary N) is 1. The quantitative estimate of drug-likeness (QED) is 0.772. The number of rotatable bonds is 3. The molecule has 1 aliphatic rings. The van der Waals surface area contributed by atoms with E-state index < -0.39 is 21.9 Å². The van der Waals surface area contributed by atoms with Crippen molar-refractivity contribution in [1.82, 2.24) is 4.31 Å². The summed E-state index contributed by atoms with van der Waals surface area (Å²) >= 11 is 0. The van der Waals surface area contributed by atoms with Gasteiger partial charge < -0.3 is 10.8 Å². The summed E-state index contributed by atoms with van der Waals surface area (Å²) in [6, 6.07) is 6.18. The highest BCUT2D eigenvalue weighted by Gasteiger charge is 2.36. The van der Waals surface area contributed by atoms with Crippen molar-refractivity contribution in [3.05, 3.63) is 24.3 Å². The Balaban J connectivity index is 2.29. The molecule has 1 atom stereocenters. The van der Waals surface area contributed by atoms with Crippen LogP contribution in [0.4, 0.5) is 5.69 Å². The molecule has 0 bridgehead atoms. The van der Waals surface area contributed by atoms with Crippen LogP contribution < -0.4 is 5.73 Å². The van der Waals surface area contributed by atoms with E-state index in [1.54, 1.807) is 12.1 Å². The van der Waals surface area contributed by atoms with Gasteiger partial charge in [0.1, 0.15) is 4.90 Å². The zero-order valence-corrected chi connectivity index (χ0v) is 10.4. The second kappa shape index (κ2) is 4.58. The molecule has 0 amide bonds. The van der Waals surface area contributed by atoms with E-state index in [2.05, 4.69) is 0 Å². The zero-order chi connectivity index (χ0) is 13.3. The fourth-order valence-electron chi connectivity index (χ4n) is 2.00. The van der Waals surface area contributed by atoms with Gasteiger partial charge in [0.2, 0.25) is 10.0 Å². The molecule has 1 aromatic carbocycles. The van der Waals surface area contributed by atoms with Crippen molar-refractivity contribution in [2.75, 3.05) is 18.8 Å². The largest absolute Gasteiger partial charge is 0.481 e. The van der Waals surface area contributed by atoms with E-state index >= 15 is 0 Å². The van der Waals surface area contributed by atoms with Gasteiger partial charge >= 0.3 is 5.97 Å². The molecule has 0 aromatic heterocycles. The predicted molar refractivity (Wildman–Crippen MR) is 65.4 cm³/mol. The van der Waals surface area contributed by atoms with E-state index in [1.165, 1.54) is 16.4 Å². The highest BCUT2D eigenvalue weighted by Crippen LogP contribution is 2.27. The maximum Gasteiger partial charge on any atom is 0.307 e. The first-order valence-electron chi connectivity index (χ1n) is 5.50. The van der Waals surface area contributed by atoms with Gasteiger partial charge in [-0.2, -0.15) is 4.31 Å². The molecule has 2 rings (SSSR count). The van der Waals surface area contributed by atoms with Gasteiger partial charge in [-0.15, -0.1) is 0 Å². The number of carbonyl (C=O) groups is 1. The van der Waals surface area contributed by atoms with Gasteiger partial charge in [-0.25, -0.2) is 8.42 Å². The molecule has 6 nitrogen and oxygen atoms in total. The first-order chi connectivity index (χ1) is 8.43. The van der Waals surface area contributed by atoms with Crippen molar-refractivity contribution < 1.29 is 18.3 Å². The molecule has 1 aromatic rings. The number of sulfonamides is 1. The number of para-hydroxylation sites is 1. The Morgan fingerprint density at radius 2 is 2.06 bits per heavy atom. The second-order valence-corrected chi connectivity index (χ2v) is 6.13. The molecule has 1 aliphatic heterocycles. The standard InChI is InChI=1S/C11H14N2O4S/c12-9-3-1-2-4-10(9)18(16,17)13-6-5-8(7-13)11(14)15/h1-4,8H,5-7,12H2,(H,14,15). The van der Waals surface area contributed by atoms with Crippen LogP contribution >= 0.6 is 0 Å². The summed E-state index contributed by atoms with van der Waals surface area (Å²) in [5.41, 5.74) is 5.82. The van der Waals surface area contributed by atoms with Crippen LogP contribution in [0.2, 0.25) is 0 Å². The average molecular weight is 270 g/mol. The van der Waals surface area contributed by atoms with Crippen LogP contribution in [0.5, 0.6) is 0 Å². The smallest absolute Gasteiger partial charge is 0.307 e. The third-order valence-corrected chi connectivity index (χ3v) is 4.98. The van der Waals surface area contributed by atoms with Crippen LogP contribution in [0.15, 0.2) is 29.2 Å². The van der Waals surface area contributed by atoms with Gasteiger partial charge in [-0.1, -0.05) is 12.1 Å². The van der Waals surface area contributed by atoms with E-state index in [0.29, 0.717) is 6.42 Å². The van der Waals surface area contributed by atoms with Crippen molar-refractivity contribution in [3.8, 4) is 0 Å². The van der Waals surface area contributed by atoms with E-state index in [0.717, 1.165) is 0 Å². The molecule has 98 valence electrons. The van der Waals surface area contributed by atoms with E-state index in [-0.39, 0.29) is 23.7 Å². The summed E-state index contributed by atoms with van der Waals surface area (Å²) in [7, 11) is -3.69. The molecule has 1 heterocycles. The molecule has 18 heavy (non-hydrogen) atoms. The summed E-state index contributed by atoms with van der Waals surface area (Å²) in [5, 5.41) is 8.88. The summed E-state index contributed by atoms with van der Waals surface area (Å²) in [6.07, 6.45) is 0.335. The number of nitrogen functional groups attached to an aromatic ring is 1. The number of nitrogens with zero attached hydrogens (tertiary/aromatic N) is 1. The van der Waals surface area contributed by atoms with Gasteiger partial charge in [-0.05, 0) is 18.6 Å². The van der Waals surface area contributed by atoms with Crippen LogP contribution in [-0.2, 0) is 14.8 Å². The fourth-order valence-corrected chi connectivity index (χ4v) is 3.62. The third kappa shape index (κ3) is 2.19. The molecular weight excluding hydrogens is 256 g/mol. The number of hydrogen-bond donors (Lipinski definition) is 2. The first kappa shape index (κ1) is 12.8. The Hall–Kier alpha value is -1.60. The SMILES string of the molecule is Nc1ccccc1S(=O)(=O)N1CCC(C(=O)O)C1. The lowest BCUT2D eigenvalue weighted by molar-refractivity contribution is -0.141. The fraction of sp³-hybridized carbons (Fsp3) is 0.364. The predicted octanol–water partition coefficient (Wildman–Crippen LogP) is 0.364. The number of anilines is 1. The molecule has 7 heteroatoms. The van der Waals surface area contributed by atoms with Crippen molar-refractivity contribution in [3.63, 3.8) is 0 Å². The maximum atomic E-state index is 12.3. The Morgan fingerprint density at radius 3 is 2.61 bits per heavy atom. The molecular formula is C11H14N2O4S. The topological polar surface area (TPSA) is 101 Å². The minimum absolute atomic E-state index is 0.00595. The molecule has 1 saturated heterocycles. The van der Waals surface area contributed by atoms with Gasteiger partial charge in [0, 0.05) is 13.1 Å². The summed E-state index contributed by atoms with van der Waals surface area (Å²) in [5.74, 6) is -1.60. The van der Waals surface area contributed by atoms with Crippen LogP contribution in [0.1, 0.15) is 6.42 Å². The van der Waals surface area contributed by atoms with E-state index in [1.807, 2.05) is 0 Å². The third-order valence-electron chi connectivity index (χ3n) is 3.04. The first-order valence-corrected chi connectivity index (χ1v) is 6.94. The van der Waals surface area contributed by atoms with Crippen LogP contribution in [-0.4, -0.2) is 36.9 Å². The van der Waals surface area contributed by atoms with Crippen LogP contribution in [0.25, 0.3) is 0 Å². The van der Waals surface area contributed by atoms with Gasteiger partial charge in [0.05, 0.1) is 11.6 Å². The highest BCUT2D eigenvalue weighted by molar-refractivity contribution is 7.89. The lowest BCUT2D eigenvalue weighted by Crippen LogP contribution is -2.30. The number of benzene rings is 1. The number of carboxylic acid groups (broad SMARTS) is 1. The Labute approximate surface area is 105 Å². The molecule has 3 N–H and O–H groups in total. The summed E-state index contributed by atoms with van der Waals surface area (Å²) < 4.78 is 25.7. The van der Waals surface area contributed by atoms with Gasteiger partial charge in [0.25, 0.3) is 0 Å². The molecule has 0 spiro atoms. The lowest BCUT2D eigenvalue weighted by Gasteiger charge is -2.17. The minimum atomic E-state index is -3.69. The minimum Gasteiger partial charge on any atom is -0.481 e. The molecule has 0 radical (unpaired) electrons. The number of carboxylic acids is 1. The molecule has 0 aliphatic carbocycles. The van der Waals surface area contributed by atoms with Gasteiger partial charge in [-0.3, -0.25) is 4.79 Å². The average Bonchev–Trinajstić information content (AvgIpc) is 2.79.